The Balaban J connectivity index is 0.00000479. The van der Waals surface area contributed by atoms with Gasteiger partial charge in [0.2, 0.25) is 11.9 Å². The van der Waals surface area contributed by atoms with Crippen LogP contribution in [-0.2, 0) is 19.0 Å². The summed E-state index contributed by atoms with van der Waals surface area (Å²) in [4.78, 5) is 59.9. The Morgan fingerprint density at radius 2 is 1.61 bits per heavy atom. The minimum Gasteiger partial charge on any atom is -0.486 e. The summed E-state index contributed by atoms with van der Waals surface area (Å²) in [7, 11) is 1.65. The molecule has 3 amide bonds. The number of piperidine rings is 1. The van der Waals surface area contributed by atoms with Crippen molar-refractivity contribution >= 4 is 80.2 Å². The number of hydrogen-bond acceptors (Lipinski definition) is 17. The van der Waals surface area contributed by atoms with Crippen molar-refractivity contribution in [3.05, 3.63) is 142 Å². The van der Waals surface area contributed by atoms with Gasteiger partial charge in [-0.05, 0) is 138 Å². The highest BCUT2D eigenvalue weighted by atomic mass is 79.9. The monoisotopic (exact) mass is 1210 g/mol. The first kappa shape index (κ1) is 62.4. The standard InChI is InChI=1S/C56H62BrF3N12O7S.C2H6/c1-34-42(30-37(58)31-47(34)69-55(75)41-15-10-36(29-45(41)60)35-8-9-35)50-51(52(61)65-33-64-50)79-24-22-71(2)48(73)7-4-19-72-20-16-39(17-21-72)78-28-27-77-26-25-76-23-18-66-80-40-13-11-38(12-14-40)67-56-63-32-43(57)54(70-56)68-46-6-3-5-44(59)49(46)53(62)74;1-2/h3-7,10-15,29-33,35,39,66H,8-9,16-28H2,1-2H3,(H2,62,74)(H,69,75)(H2,61,64,65)(H2,63,67,68,70);1-2H3/b7-4+;. The number of anilines is 6. The van der Waals surface area contributed by atoms with Crippen LogP contribution in [0.3, 0.4) is 0 Å². The highest BCUT2D eigenvalue weighted by Crippen LogP contribution is 2.41. The minimum absolute atomic E-state index is 0.00564. The number of halogens is 4. The molecule has 1 saturated heterocycles. The van der Waals surface area contributed by atoms with Crippen molar-refractivity contribution in [1.29, 1.82) is 0 Å². The Labute approximate surface area is 487 Å². The molecule has 8 rings (SSSR count). The Morgan fingerprint density at radius 1 is 0.866 bits per heavy atom. The van der Waals surface area contributed by atoms with Crippen molar-refractivity contribution < 1.29 is 46.5 Å². The predicted molar refractivity (Wildman–Crippen MR) is 315 cm³/mol. The van der Waals surface area contributed by atoms with Crippen molar-refractivity contribution in [1.82, 2.24) is 34.5 Å². The maximum absolute atomic E-state index is 15.1. The van der Waals surface area contributed by atoms with Gasteiger partial charge in [-0.25, -0.2) is 28.1 Å². The first-order valence-electron chi connectivity index (χ1n) is 26.9. The second-order valence-electron chi connectivity index (χ2n) is 18.8. The molecule has 436 valence electrons. The Hall–Kier alpha value is -7.19. The molecular weight excluding hydrogens is 1150 g/mol. The first-order chi connectivity index (χ1) is 39.7. The van der Waals surface area contributed by atoms with E-state index >= 15 is 4.39 Å². The summed E-state index contributed by atoms with van der Waals surface area (Å²) in [5, 5.41) is 8.73. The molecule has 0 radical (unpaired) electrons. The maximum Gasteiger partial charge on any atom is 0.258 e. The van der Waals surface area contributed by atoms with Gasteiger partial charge in [0.05, 0.1) is 67.0 Å². The second kappa shape index (κ2) is 31.3. The molecule has 2 aromatic heterocycles. The summed E-state index contributed by atoms with van der Waals surface area (Å²) >= 11 is 4.86. The lowest BCUT2D eigenvalue weighted by molar-refractivity contribution is -0.125. The lowest BCUT2D eigenvalue weighted by atomic mass is 10.0. The third-order valence-corrected chi connectivity index (χ3v) is 14.5. The molecule has 0 spiro atoms. The molecule has 2 fully saturated rings. The van der Waals surface area contributed by atoms with E-state index < -0.39 is 29.3 Å². The molecule has 0 atom stereocenters. The molecule has 2 aliphatic rings. The van der Waals surface area contributed by atoms with E-state index in [-0.39, 0.29) is 76.4 Å². The van der Waals surface area contributed by atoms with E-state index in [1.165, 1.54) is 65.8 Å². The van der Waals surface area contributed by atoms with Crippen LogP contribution >= 0.6 is 27.9 Å². The van der Waals surface area contributed by atoms with Crippen molar-refractivity contribution in [2.75, 3.05) is 101 Å². The number of rotatable bonds is 28. The maximum atomic E-state index is 15.1. The summed E-state index contributed by atoms with van der Waals surface area (Å²) in [5.41, 5.74) is 14.0. The van der Waals surface area contributed by atoms with Gasteiger partial charge in [0, 0.05) is 67.3 Å². The number of carbonyl (C=O) groups is 3. The van der Waals surface area contributed by atoms with Gasteiger partial charge in [0.1, 0.15) is 41.9 Å². The third kappa shape index (κ3) is 18.2. The average Bonchev–Trinajstić information content (AvgIpc) is 4.34. The molecule has 8 N–H and O–H groups in total. The van der Waals surface area contributed by atoms with Crippen LogP contribution in [0, 0.1) is 24.4 Å². The Bertz CT molecular complexity index is 3160. The fourth-order valence-corrected chi connectivity index (χ4v) is 9.45. The molecule has 3 heterocycles. The predicted octanol–water partition coefficient (Wildman–Crippen LogP) is 9.95. The summed E-state index contributed by atoms with van der Waals surface area (Å²) in [5.74, 6) is -2.88. The van der Waals surface area contributed by atoms with E-state index in [4.69, 9.17) is 30.4 Å². The number of hydrogen-bond donors (Lipinski definition) is 6. The molecular formula is C58H68BrF3N12O7S. The number of nitrogens with two attached hydrogens (primary N) is 2. The van der Waals surface area contributed by atoms with Gasteiger partial charge in [-0.2, -0.15) is 4.98 Å². The summed E-state index contributed by atoms with van der Waals surface area (Å²) in [6.07, 6.45) is 9.98. The van der Waals surface area contributed by atoms with Crippen molar-refractivity contribution in [3.63, 3.8) is 0 Å². The van der Waals surface area contributed by atoms with E-state index in [9.17, 15) is 23.2 Å². The van der Waals surface area contributed by atoms with Gasteiger partial charge in [-0.15, -0.1) is 0 Å². The molecule has 82 heavy (non-hydrogen) atoms. The van der Waals surface area contributed by atoms with Gasteiger partial charge in [0.25, 0.3) is 11.8 Å². The van der Waals surface area contributed by atoms with Crippen LogP contribution in [0.5, 0.6) is 5.75 Å². The Morgan fingerprint density at radius 3 is 2.34 bits per heavy atom. The summed E-state index contributed by atoms with van der Waals surface area (Å²) in [6, 6.07) is 18.8. The van der Waals surface area contributed by atoms with Crippen LogP contribution in [0.25, 0.3) is 11.3 Å². The number of benzene rings is 4. The van der Waals surface area contributed by atoms with Crippen LogP contribution in [0.15, 0.2) is 107 Å². The van der Waals surface area contributed by atoms with Gasteiger partial charge in [-0.3, -0.25) is 24.0 Å². The third-order valence-electron chi connectivity index (χ3n) is 13.1. The zero-order valence-electron chi connectivity index (χ0n) is 46.1. The fraction of sp³-hybridized carbons (Fsp3) is 0.362. The topological polar surface area (TPSA) is 246 Å². The number of likely N-dealkylation sites (tertiary alicyclic amines) is 1. The molecule has 1 saturated carbocycles. The van der Waals surface area contributed by atoms with E-state index in [1.807, 2.05) is 44.2 Å². The number of amides is 3. The fourth-order valence-electron chi connectivity index (χ4n) is 8.54. The Kier molecular flexibility index (Phi) is 23.8. The zero-order chi connectivity index (χ0) is 58.5. The van der Waals surface area contributed by atoms with E-state index in [1.54, 1.807) is 20.0 Å². The lowest BCUT2D eigenvalue weighted by Gasteiger charge is -2.31. The number of nitrogens with one attached hydrogen (secondary N) is 4. The molecule has 24 heteroatoms. The van der Waals surface area contributed by atoms with Crippen molar-refractivity contribution in [2.45, 2.75) is 63.4 Å². The lowest BCUT2D eigenvalue weighted by Crippen LogP contribution is -2.37. The number of carbonyl (C=O) groups excluding carboxylic acids is 3. The van der Waals surface area contributed by atoms with E-state index in [0.717, 1.165) is 67.1 Å². The van der Waals surface area contributed by atoms with E-state index in [0.29, 0.717) is 67.9 Å². The van der Waals surface area contributed by atoms with E-state index in [2.05, 4.69) is 61.4 Å². The molecule has 0 unspecified atom stereocenters. The SMILES string of the molecule is CC.Cc1c(NC(=O)c2ccc(C3CC3)cc2F)cc(F)cc1-c1ncnc(N)c1OCCN(C)C(=O)/C=C/CN1CCC(OCCOCCOCCNSc2ccc(Nc3ncc(Br)c(Nc4cccc(F)c4C(N)=O)n3)cc2)CC1. The van der Waals surface area contributed by atoms with Crippen LogP contribution in [-0.4, -0.2) is 133 Å². The van der Waals surface area contributed by atoms with Crippen LogP contribution in [0.1, 0.15) is 77.3 Å². The van der Waals surface area contributed by atoms with Gasteiger partial charge in [0.15, 0.2) is 11.6 Å². The normalized spacial score (nSPS) is 13.6. The molecule has 1 aliphatic carbocycles. The molecule has 1 aliphatic heterocycles. The second-order valence-corrected chi connectivity index (χ2v) is 20.6. The van der Waals surface area contributed by atoms with Crippen LogP contribution < -0.4 is 36.9 Å². The number of nitrogens with zero attached hydrogens (tertiary/aromatic N) is 6. The summed E-state index contributed by atoms with van der Waals surface area (Å²) < 4.78 is 71.6. The minimum atomic E-state index is -0.903. The summed E-state index contributed by atoms with van der Waals surface area (Å²) in [6.45, 7) is 11.2. The molecule has 0 bridgehead atoms. The smallest absolute Gasteiger partial charge is 0.258 e. The number of ether oxygens (including phenoxy) is 4. The number of aromatic nitrogens is 4. The molecule has 19 nitrogen and oxygen atoms in total. The first-order valence-corrected chi connectivity index (χ1v) is 28.5. The molecule has 4 aromatic carbocycles. The number of primary amides is 1. The largest absolute Gasteiger partial charge is 0.486 e. The highest BCUT2D eigenvalue weighted by Gasteiger charge is 2.26. The van der Waals surface area contributed by atoms with Crippen LogP contribution in [0.2, 0.25) is 0 Å². The number of likely N-dealkylation sites (N-methyl/N-ethyl adjacent to an activating group) is 1. The van der Waals surface area contributed by atoms with Crippen molar-refractivity contribution in [2.24, 2.45) is 5.73 Å². The zero-order valence-corrected chi connectivity index (χ0v) is 48.5. The van der Waals surface area contributed by atoms with Gasteiger partial charge >= 0.3 is 0 Å². The van der Waals surface area contributed by atoms with Crippen LogP contribution in [0.4, 0.5) is 47.8 Å². The van der Waals surface area contributed by atoms with Gasteiger partial charge in [-0.1, -0.05) is 32.1 Å². The quantitative estimate of drug-likeness (QED) is 0.0152. The van der Waals surface area contributed by atoms with Gasteiger partial charge < -0.3 is 51.3 Å². The highest BCUT2D eigenvalue weighted by molar-refractivity contribution is 9.10. The van der Waals surface area contributed by atoms with Crippen molar-refractivity contribution in [3.8, 4) is 17.0 Å². The molecule has 6 aromatic rings. The average molecular weight is 1210 g/mol. The number of nitrogen functional groups attached to an aromatic ring is 1.